The minimum atomic E-state index is 0.201. The highest BCUT2D eigenvalue weighted by molar-refractivity contribution is 6.67. The zero-order chi connectivity index (χ0) is 18.9. The van der Waals surface area contributed by atoms with Gasteiger partial charge in [0.05, 0.1) is 12.3 Å². The summed E-state index contributed by atoms with van der Waals surface area (Å²) in [7, 11) is 0. The third-order valence-electron chi connectivity index (χ3n) is 4.94. The molecule has 4 aromatic carbocycles. The van der Waals surface area contributed by atoms with Gasteiger partial charge in [-0.15, -0.1) is 0 Å². The molecule has 0 bridgehead atoms. The summed E-state index contributed by atoms with van der Waals surface area (Å²) in [6.07, 6.45) is 0. The third kappa shape index (κ3) is 3.00. The number of aliphatic imine (C=N–C) groups is 3. The van der Waals surface area contributed by atoms with Crippen LogP contribution in [0.4, 0.5) is 0 Å². The maximum atomic E-state index is 6.39. The van der Waals surface area contributed by atoms with Gasteiger partial charge in [-0.3, -0.25) is 4.99 Å². The summed E-state index contributed by atoms with van der Waals surface area (Å²) in [5.74, 6) is 0.612. The van der Waals surface area contributed by atoms with E-state index in [1.54, 1.807) is 0 Å². The van der Waals surface area contributed by atoms with Gasteiger partial charge in [0.1, 0.15) is 0 Å². The lowest BCUT2D eigenvalue weighted by molar-refractivity contribution is 1.28. The maximum Gasteiger partial charge on any atom is 0.224 e. The van der Waals surface area contributed by atoms with Gasteiger partial charge in [-0.05, 0) is 33.1 Å². The van der Waals surface area contributed by atoms with Crippen LogP contribution in [-0.2, 0) is 0 Å². The number of benzene rings is 4. The van der Waals surface area contributed by atoms with Crippen LogP contribution < -0.4 is 0 Å². The van der Waals surface area contributed by atoms with Crippen LogP contribution >= 0.6 is 11.6 Å². The van der Waals surface area contributed by atoms with E-state index < -0.39 is 0 Å². The fourth-order valence-electron chi connectivity index (χ4n) is 3.63. The van der Waals surface area contributed by atoms with Crippen molar-refractivity contribution in [2.24, 2.45) is 15.0 Å². The SMILES string of the molecule is ClC1=NC(c2cccc3ccccc23)=NCC(c2cccc3ccccc23)=N1. The van der Waals surface area contributed by atoms with Crippen molar-refractivity contribution < 1.29 is 0 Å². The Morgan fingerprint density at radius 2 is 1.18 bits per heavy atom. The first-order valence-electron chi connectivity index (χ1n) is 9.12. The van der Waals surface area contributed by atoms with Gasteiger partial charge in [-0.25, -0.2) is 4.99 Å². The number of halogens is 1. The molecular formula is C24H16ClN3. The van der Waals surface area contributed by atoms with Gasteiger partial charge in [-0.1, -0.05) is 84.9 Å². The van der Waals surface area contributed by atoms with Gasteiger partial charge in [0.15, 0.2) is 5.84 Å². The highest BCUT2D eigenvalue weighted by Crippen LogP contribution is 2.23. The molecule has 4 heteroatoms. The molecule has 0 amide bonds. The number of hydrogen-bond acceptors (Lipinski definition) is 3. The summed E-state index contributed by atoms with van der Waals surface area (Å²) >= 11 is 6.39. The molecule has 1 heterocycles. The van der Waals surface area contributed by atoms with E-state index in [1.165, 1.54) is 5.39 Å². The van der Waals surface area contributed by atoms with Crippen LogP contribution in [-0.4, -0.2) is 23.4 Å². The van der Waals surface area contributed by atoms with E-state index in [2.05, 4.69) is 52.4 Å². The lowest BCUT2D eigenvalue weighted by Gasteiger charge is -2.07. The standard InChI is InChI=1S/C24H16ClN3/c25-24-27-22(20-13-5-9-16-7-1-3-11-18(16)20)15-26-23(28-24)21-14-6-10-17-8-2-4-12-19(17)21/h1-14H,15H2. The van der Waals surface area contributed by atoms with Crippen molar-refractivity contribution in [1.29, 1.82) is 0 Å². The van der Waals surface area contributed by atoms with E-state index >= 15 is 0 Å². The Balaban J connectivity index is 1.61. The largest absolute Gasteiger partial charge is 0.260 e. The first-order valence-corrected chi connectivity index (χ1v) is 9.50. The Kier molecular flexibility index (Phi) is 4.22. The molecule has 0 N–H and O–H groups in total. The van der Waals surface area contributed by atoms with Gasteiger partial charge < -0.3 is 0 Å². The van der Waals surface area contributed by atoms with Crippen molar-refractivity contribution in [3.05, 3.63) is 96.1 Å². The van der Waals surface area contributed by atoms with Crippen LogP contribution in [0.2, 0.25) is 0 Å². The zero-order valence-corrected chi connectivity index (χ0v) is 15.8. The van der Waals surface area contributed by atoms with E-state index in [-0.39, 0.29) is 5.29 Å². The number of fused-ring (bicyclic) bond motifs is 2. The Hall–Kier alpha value is -3.30. The molecule has 3 nitrogen and oxygen atoms in total. The number of rotatable bonds is 2. The highest BCUT2D eigenvalue weighted by Gasteiger charge is 2.15. The summed E-state index contributed by atoms with van der Waals surface area (Å²) < 4.78 is 0. The molecule has 134 valence electrons. The van der Waals surface area contributed by atoms with E-state index in [0.717, 1.165) is 33.0 Å². The minimum Gasteiger partial charge on any atom is -0.260 e. The van der Waals surface area contributed by atoms with Crippen molar-refractivity contribution in [3.63, 3.8) is 0 Å². The molecule has 0 spiro atoms. The van der Waals surface area contributed by atoms with E-state index in [9.17, 15) is 0 Å². The molecule has 0 radical (unpaired) electrons. The average molecular weight is 382 g/mol. The van der Waals surface area contributed by atoms with Gasteiger partial charge in [0, 0.05) is 11.1 Å². The second-order valence-electron chi connectivity index (χ2n) is 6.63. The molecule has 5 rings (SSSR count). The monoisotopic (exact) mass is 381 g/mol. The van der Waals surface area contributed by atoms with E-state index in [1.807, 2.05) is 42.5 Å². The molecular weight excluding hydrogens is 366 g/mol. The van der Waals surface area contributed by atoms with Gasteiger partial charge in [-0.2, -0.15) is 4.99 Å². The van der Waals surface area contributed by atoms with Crippen molar-refractivity contribution in [1.82, 2.24) is 0 Å². The molecule has 4 aromatic rings. The summed E-state index contributed by atoms with van der Waals surface area (Å²) in [5.41, 5.74) is 2.82. The van der Waals surface area contributed by atoms with Crippen molar-refractivity contribution >= 4 is 50.0 Å². The lowest BCUT2D eigenvalue weighted by Crippen LogP contribution is -2.07. The summed E-state index contributed by atoms with van der Waals surface area (Å²) in [6, 6.07) is 28.8. The maximum absolute atomic E-state index is 6.39. The fourth-order valence-corrected chi connectivity index (χ4v) is 3.81. The van der Waals surface area contributed by atoms with Crippen LogP contribution in [0.5, 0.6) is 0 Å². The second kappa shape index (κ2) is 7.02. The number of amidine groups is 2. The molecule has 1 aliphatic rings. The first kappa shape index (κ1) is 16.8. The molecule has 0 fully saturated rings. The van der Waals surface area contributed by atoms with E-state index in [0.29, 0.717) is 12.4 Å². The van der Waals surface area contributed by atoms with Crippen molar-refractivity contribution in [2.75, 3.05) is 6.54 Å². The minimum absolute atomic E-state index is 0.201. The van der Waals surface area contributed by atoms with Crippen LogP contribution in [0.15, 0.2) is 99.9 Å². The third-order valence-corrected chi connectivity index (χ3v) is 5.10. The molecule has 0 aromatic heterocycles. The Morgan fingerprint density at radius 1 is 0.607 bits per heavy atom. The Morgan fingerprint density at radius 3 is 1.89 bits per heavy atom. The quantitative estimate of drug-likeness (QED) is 0.391. The molecule has 0 atom stereocenters. The molecule has 0 saturated carbocycles. The Labute approximate surface area is 167 Å². The van der Waals surface area contributed by atoms with Crippen LogP contribution in [0.3, 0.4) is 0 Å². The highest BCUT2D eigenvalue weighted by atomic mass is 35.5. The van der Waals surface area contributed by atoms with Crippen molar-refractivity contribution in [3.8, 4) is 0 Å². The average Bonchev–Trinajstić information content (AvgIpc) is 2.94. The van der Waals surface area contributed by atoms with E-state index in [4.69, 9.17) is 16.6 Å². The molecule has 0 unspecified atom stereocenters. The predicted octanol–water partition coefficient (Wildman–Crippen LogP) is 5.84. The summed E-state index contributed by atoms with van der Waals surface area (Å²) in [4.78, 5) is 13.8. The van der Waals surface area contributed by atoms with Crippen LogP contribution in [0.25, 0.3) is 21.5 Å². The van der Waals surface area contributed by atoms with Gasteiger partial charge >= 0.3 is 0 Å². The topological polar surface area (TPSA) is 37.1 Å². The predicted molar refractivity (Wildman–Crippen MR) is 119 cm³/mol. The molecule has 1 aliphatic heterocycles. The smallest absolute Gasteiger partial charge is 0.224 e. The molecule has 0 aliphatic carbocycles. The summed E-state index contributed by atoms with van der Waals surface area (Å²) in [5, 5.41) is 4.75. The lowest BCUT2D eigenvalue weighted by atomic mass is 10.0. The van der Waals surface area contributed by atoms with Gasteiger partial charge in [0.25, 0.3) is 0 Å². The number of hydrogen-bond donors (Lipinski definition) is 0. The zero-order valence-electron chi connectivity index (χ0n) is 15.0. The van der Waals surface area contributed by atoms with Crippen molar-refractivity contribution in [2.45, 2.75) is 0 Å². The van der Waals surface area contributed by atoms with Crippen LogP contribution in [0.1, 0.15) is 11.1 Å². The Bertz CT molecular complexity index is 1290. The summed E-state index contributed by atoms with van der Waals surface area (Å²) in [6.45, 7) is 0.423. The molecule has 28 heavy (non-hydrogen) atoms. The van der Waals surface area contributed by atoms with Gasteiger partial charge in [0.2, 0.25) is 5.29 Å². The number of nitrogens with zero attached hydrogens (tertiary/aromatic N) is 3. The first-order chi connectivity index (χ1) is 13.8. The normalized spacial score (nSPS) is 14.4. The fraction of sp³-hybridized carbons (Fsp3) is 0.0417. The molecule has 0 saturated heterocycles. The van der Waals surface area contributed by atoms with Crippen LogP contribution in [0, 0.1) is 0 Å². The second-order valence-corrected chi connectivity index (χ2v) is 6.97.